The molecule has 3 rings (SSSR count). The average molecular weight is 319 g/mol. The Labute approximate surface area is 124 Å². The Kier molecular flexibility index (Phi) is 4.04. The fourth-order valence-corrected chi connectivity index (χ4v) is 2.78. The van der Waals surface area contributed by atoms with Gasteiger partial charge in [-0.2, -0.15) is 18.3 Å². The molecule has 1 aromatic rings. The highest BCUT2D eigenvalue weighted by Gasteiger charge is 2.41. The van der Waals surface area contributed by atoms with Crippen LogP contribution in [0.15, 0.2) is 6.33 Å². The molecule has 2 fully saturated rings. The number of aromatic amines is 1. The van der Waals surface area contributed by atoms with E-state index in [1.807, 2.05) is 0 Å². The quantitative estimate of drug-likeness (QED) is 0.831. The summed E-state index contributed by atoms with van der Waals surface area (Å²) in [5.74, 6) is -0.105. The van der Waals surface area contributed by atoms with Crippen molar-refractivity contribution in [2.45, 2.75) is 24.7 Å². The molecule has 2 aliphatic heterocycles. The third kappa shape index (κ3) is 3.38. The Morgan fingerprint density at radius 1 is 1.50 bits per heavy atom. The van der Waals surface area contributed by atoms with Crippen molar-refractivity contribution < 1.29 is 22.7 Å². The molecule has 2 N–H and O–H groups in total. The predicted octanol–water partition coefficient (Wildman–Crippen LogP) is 0.245. The number of aromatic nitrogens is 3. The summed E-state index contributed by atoms with van der Waals surface area (Å²) in [6.07, 6.45) is -2.62. The van der Waals surface area contributed by atoms with Gasteiger partial charge in [0.2, 0.25) is 5.91 Å². The summed E-state index contributed by atoms with van der Waals surface area (Å²) in [6, 6.07) is -0.239. The Morgan fingerprint density at radius 2 is 2.27 bits per heavy atom. The van der Waals surface area contributed by atoms with Gasteiger partial charge in [-0.15, -0.1) is 0 Å². The molecule has 0 aliphatic carbocycles. The van der Waals surface area contributed by atoms with Gasteiger partial charge in [-0.25, -0.2) is 4.98 Å². The molecule has 3 heterocycles. The van der Waals surface area contributed by atoms with Crippen molar-refractivity contribution >= 4 is 5.91 Å². The van der Waals surface area contributed by atoms with E-state index in [-0.39, 0.29) is 25.0 Å². The smallest absolute Gasteiger partial charge is 0.368 e. The van der Waals surface area contributed by atoms with E-state index >= 15 is 0 Å². The summed E-state index contributed by atoms with van der Waals surface area (Å²) in [6.45, 7) is -0.219. The lowest BCUT2D eigenvalue weighted by Gasteiger charge is -2.39. The van der Waals surface area contributed by atoms with Gasteiger partial charge in [0.1, 0.15) is 12.4 Å². The number of rotatable bonds is 4. The Hall–Kier alpha value is -1.68. The first-order valence-electron chi connectivity index (χ1n) is 6.99. The standard InChI is InChI=1S/C12H16F3N5O2/c13-12(14,15)5-20-3-7(4-20)11(21)18-8-1-2-22-9(8)10-16-6-17-19-10/h6-9H,1-5H2,(H,18,21)(H,16,17,19)/t8-,9+/m0/s1. The molecule has 22 heavy (non-hydrogen) atoms. The van der Waals surface area contributed by atoms with Gasteiger partial charge in [0.05, 0.1) is 18.5 Å². The first kappa shape index (κ1) is 15.2. The number of hydrogen-bond donors (Lipinski definition) is 2. The lowest BCUT2D eigenvalue weighted by Crippen LogP contribution is -2.57. The fourth-order valence-electron chi connectivity index (χ4n) is 2.78. The number of alkyl halides is 3. The topological polar surface area (TPSA) is 83.1 Å². The second-order valence-electron chi connectivity index (χ2n) is 5.57. The molecule has 1 aromatic heterocycles. The van der Waals surface area contributed by atoms with Crippen LogP contribution in [0.4, 0.5) is 13.2 Å². The van der Waals surface area contributed by atoms with Crippen LogP contribution >= 0.6 is 0 Å². The molecule has 2 saturated heterocycles. The fraction of sp³-hybridized carbons (Fsp3) is 0.750. The lowest BCUT2D eigenvalue weighted by atomic mass is 9.98. The molecule has 10 heteroatoms. The molecule has 0 saturated carbocycles. The zero-order valence-electron chi connectivity index (χ0n) is 11.6. The van der Waals surface area contributed by atoms with Gasteiger partial charge in [0.25, 0.3) is 0 Å². The molecular formula is C12H16F3N5O2. The van der Waals surface area contributed by atoms with Crippen LogP contribution in [0.2, 0.25) is 0 Å². The second kappa shape index (κ2) is 5.84. The van der Waals surface area contributed by atoms with E-state index in [1.54, 1.807) is 0 Å². The van der Waals surface area contributed by atoms with Crippen molar-refractivity contribution in [1.82, 2.24) is 25.4 Å². The number of likely N-dealkylation sites (tertiary alicyclic amines) is 1. The van der Waals surface area contributed by atoms with Gasteiger partial charge in [-0.05, 0) is 6.42 Å². The third-order valence-electron chi connectivity index (χ3n) is 3.85. The number of nitrogens with zero attached hydrogens (tertiary/aromatic N) is 3. The Bertz CT molecular complexity index is 515. The number of carbonyl (C=O) groups is 1. The van der Waals surface area contributed by atoms with E-state index in [2.05, 4.69) is 20.5 Å². The van der Waals surface area contributed by atoms with Crippen LogP contribution in [0.1, 0.15) is 18.3 Å². The second-order valence-corrected chi connectivity index (χ2v) is 5.57. The van der Waals surface area contributed by atoms with Crippen LogP contribution in [0, 0.1) is 5.92 Å². The average Bonchev–Trinajstić information content (AvgIpc) is 3.01. The molecule has 0 spiro atoms. The highest BCUT2D eigenvalue weighted by atomic mass is 19.4. The van der Waals surface area contributed by atoms with Crippen molar-refractivity contribution in [3.05, 3.63) is 12.2 Å². The molecule has 0 radical (unpaired) electrons. The largest absolute Gasteiger partial charge is 0.401 e. The molecule has 0 bridgehead atoms. The monoisotopic (exact) mass is 319 g/mol. The highest BCUT2D eigenvalue weighted by molar-refractivity contribution is 5.80. The number of ether oxygens (including phenoxy) is 1. The molecule has 2 atom stereocenters. The normalized spacial score (nSPS) is 26.9. The van der Waals surface area contributed by atoms with Crippen LogP contribution in [-0.4, -0.2) is 64.4 Å². The van der Waals surface area contributed by atoms with E-state index in [1.165, 1.54) is 11.2 Å². The molecule has 0 aromatic carbocycles. The number of hydrogen-bond acceptors (Lipinski definition) is 5. The first-order valence-corrected chi connectivity index (χ1v) is 6.99. The minimum Gasteiger partial charge on any atom is -0.368 e. The van der Waals surface area contributed by atoms with Crippen LogP contribution in [0.25, 0.3) is 0 Å². The van der Waals surface area contributed by atoms with Crippen LogP contribution in [0.3, 0.4) is 0 Å². The van der Waals surface area contributed by atoms with Crippen LogP contribution in [0.5, 0.6) is 0 Å². The van der Waals surface area contributed by atoms with E-state index in [0.717, 1.165) is 0 Å². The van der Waals surface area contributed by atoms with Gasteiger partial charge in [-0.1, -0.05) is 0 Å². The number of amides is 1. The summed E-state index contributed by atoms with van der Waals surface area (Å²) in [4.78, 5) is 17.3. The Balaban J connectivity index is 1.49. The maximum atomic E-state index is 12.2. The summed E-state index contributed by atoms with van der Waals surface area (Å²) in [7, 11) is 0. The molecule has 0 unspecified atom stereocenters. The predicted molar refractivity (Wildman–Crippen MR) is 67.6 cm³/mol. The summed E-state index contributed by atoms with van der Waals surface area (Å²) >= 11 is 0. The third-order valence-corrected chi connectivity index (χ3v) is 3.85. The number of nitrogens with one attached hydrogen (secondary N) is 2. The van der Waals surface area contributed by atoms with E-state index in [0.29, 0.717) is 18.9 Å². The van der Waals surface area contributed by atoms with Gasteiger partial charge in [0, 0.05) is 19.7 Å². The highest BCUT2D eigenvalue weighted by Crippen LogP contribution is 2.28. The first-order chi connectivity index (χ1) is 10.4. The lowest BCUT2D eigenvalue weighted by molar-refractivity contribution is -0.163. The number of halogens is 3. The van der Waals surface area contributed by atoms with E-state index < -0.39 is 24.7 Å². The Morgan fingerprint density at radius 3 is 2.91 bits per heavy atom. The summed E-state index contributed by atoms with van der Waals surface area (Å²) < 4.78 is 42.2. The maximum Gasteiger partial charge on any atom is 0.401 e. The SMILES string of the molecule is O=C(N[C@H]1CCO[C@H]1c1ncn[nH]1)C1CN(CC(F)(F)F)C1. The minimum atomic E-state index is -4.22. The van der Waals surface area contributed by atoms with Crippen LogP contribution < -0.4 is 5.32 Å². The molecule has 1 amide bonds. The summed E-state index contributed by atoms with van der Waals surface area (Å²) in [5.41, 5.74) is 0. The van der Waals surface area contributed by atoms with Crippen molar-refractivity contribution in [2.24, 2.45) is 5.92 Å². The zero-order chi connectivity index (χ0) is 15.7. The van der Waals surface area contributed by atoms with Crippen molar-refractivity contribution in [1.29, 1.82) is 0 Å². The molecule has 2 aliphatic rings. The van der Waals surface area contributed by atoms with Crippen molar-refractivity contribution in [3.8, 4) is 0 Å². The summed E-state index contributed by atoms with van der Waals surface area (Å²) in [5, 5.41) is 9.29. The van der Waals surface area contributed by atoms with Gasteiger partial charge in [-0.3, -0.25) is 14.8 Å². The number of H-pyrrole nitrogens is 1. The van der Waals surface area contributed by atoms with Gasteiger partial charge >= 0.3 is 6.18 Å². The van der Waals surface area contributed by atoms with Gasteiger partial charge in [0.15, 0.2) is 5.82 Å². The maximum absolute atomic E-state index is 12.2. The van der Waals surface area contributed by atoms with Crippen LogP contribution in [-0.2, 0) is 9.53 Å². The van der Waals surface area contributed by atoms with E-state index in [4.69, 9.17) is 4.74 Å². The molecule has 7 nitrogen and oxygen atoms in total. The minimum absolute atomic E-state index is 0.131. The zero-order valence-corrected chi connectivity index (χ0v) is 11.6. The van der Waals surface area contributed by atoms with Gasteiger partial charge < -0.3 is 10.1 Å². The van der Waals surface area contributed by atoms with E-state index in [9.17, 15) is 18.0 Å². The van der Waals surface area contributed by atoms with Crippen molar-refractivity contribution in [2.75, 3.05) is 26.2 Å². The molecule has 122 valence electrons. The number of carbonyl (C=O) groups excluding carboxylic acids is 1. The van der Waals surface area contributed by atoms with Crippen molar-refractivity contribution in [3.63, 3.8) is 0 Å². The molecular weight excluding hydrogens is 303 g/mol.